The number of carbonyl (C=O) groups is 1. The van der Waals surface area contributed by atoms with Gasteiger partial charge in [-0.3, -0.25) is 0 Å². The van der Waals surface area contributed by atoms with Crippen molar-refractivity contribution in [1.82, 2.24) is 9.62 Å². The van der Waals surface area contributed by atoms with Crippen LogP contribution in [0.1, 0.15) is 10.4 Å². The fourth-order valence-electron chi connectivity index (χ4n) is 3.27. The normalized spacial score (nSPS) is 23.4. The highest BCUT2D eigenvalue weighted by molar-refractivity contribution is 7.89. The molecule has 2 fully saturated rings. The van der Waals surface area contributed by atoms with Gasteiger partial charge in [0.15, 0.2) is 0 Å². The molecule has 0 unspecified atom stereocenters. The van der Waals surface area contributed by atoms with Crippen molar-refractivity contribution < 1.29 is 22.7 Å². The van der Waals surface area contributed by atoms with Crippen LogP contribution < -0.4 is 10.1 Å². The maximum Gasteiger partial charge on any atom is 0.341 e. The van der Waals surface area contributed by atoms with E-state index >= 15 is 0 Å². The summed E-state index contributed by atoms with van der Waals surface area (Å²) in [6.45, 7) is 2.73. The second-order valence-corrected chi connectivity index (χ2v) is 7.79. The molecule has 134 valence electrons. The topological polar surface area (TPSA) is 84.9 Å². The van der Waals surface area contributed by atoms with Gasteiger partial charge in [0, 0.05) is 13.1 Å². The predicted octanol–water partition coefficient (Wildman–Crippen LogP) is 0.744. The van der Waals surface area contributed by atoms with Crippen molar-refractivity contribution in [3.05, 3.63) is 23.8 Å². The standard InChI is InChI=1S/C15H20N2O5S.ClH/c1-21-14-4-3-12(5-13(14)15(18)22-2)23(19,20)17-8-10-6-16-7-11(10)9-17;/h3-5,10-11,16H,6-9H2,1-2H3;1H/t10-,11+;. The number of nitrogens with one attached hydrogen (secondary N) is 1. The molecule has 0 radical (unpaired) electrons. The van der Waals surface area contributed by atoms with Crippen LogP contribution >= 0.6 is 12.4 Å². The molecule has 2 aliphatic heterocycles. The molecule has 3 rings (SSSR count). The average Bonchev–Trinajstić information content (AvgIpc) is 3.15. The number of halogens is 1. The number of fused-ring (bicyclic) bond motifs is 1. The van der Waals surface area contributed by atoms with Gasteiger partial charge in [-0.15, -0.1) is 12.4 Å². The molecule has 2 heterocycles. The van der Waals surface area contributed by atoms with Crippen molar-refractivity contribution in [3.8, 4) is 5.75 Å². The lowest BCUT2D eigenvalue weighted by molar-refractivity contribution is 0.0597. The van der Waals surface area contributed by atoms with Gasteiger partial charge in [0.1, 0.15) is 11.3 Å². The summed E-state index contributed by atoms with van der Waals surface area (Å²) in [5.41, 5.74) is 0.108. The average molecular weight is 377 g/mol. The Balaban J connectivity index is 0.00000208. The van der Waals surface area contributed by atoms with Gasteiger partial charge in [-0.25, -0.2) is 13.2 Å². The summed E-state index contributed by atoms with van der Waals surface area (Å²) < 4.78 is 37.0. The zero-order valence-corrected chi connectivity index (χ0v) is 15.2. The van der Waals surface area contributed by atoms with Gasteiger partial charge < -0.3 is 14.8 Å². The molecule has 1 aromatic carbocycles. The largest absolute Gasteiger partial charge is 0.496 e. The van der Waals surface area contributed by atoms with Crippen molar-refractivity contribution >= 4 is 28.4 Å². The Hall–Kier alpha value is -1.35. The number of hydrogen-bond acceptors (Lipinski definition) is 6. The molecule has 0 spiro atoms. The summed E-state index contributed by atoms with van der Waals surface area (Å²) in [6.07, 6.45) is 0. The van der Waals surface area contributed by atoms with E-state index in [4.69, 9.17) is 9.47 Å². The Kier molecular flexibility index (Phi) is 5.74. The van der Waals surface area contributed by atoms with Crippen LogP contribution in [0.15, 0.2) is 23.1 Å². The minimum atomic E-state index is -3.63. The summed E-state index contributed by atoms with van der Waals surface area (Å²) in [6, 6.07) is 4.27. The molecule has 2 atom stereocenters. The first-order chi connectivity index (χ1) is 11.0. The molecule has 0 amide bonds. The van der Waals surface area contributed by atoms with Crippen LogP contribution in [0.2, 0.25) is 0 Å². The number of benzene rings is 1. The van der Waals surface area contributed by atoms with Gasteiger partial charge in [-0.1, -0.05) is 0 Å². The van der Waals surface area contributed by atoms with E-state index in [-0.39, 0.29) is 22.9 Å². The molecular weight excluding hydrogens is 356 g/mol. The monoisotopic (exact) mass is 376 g/mol. The molecule has 1 aromatic rings. The van der Waals surface area contributed by atoms with E-state index in [2.05, 4.69) is 5.32 Å². The van der Waals surface area contributed by atoms with Crippen molar-refractivity contribution in [2.24, 2.45) is 11.8 Å². The van der Waals surface area contributed by atoms with Crippen LogP contribution in [0.3, 0.4) is 0 Å². The molecule has 7 nitrogen and oxygen atoms in total. The minimum absolute atomic E-state index is 0. The Morgan fingerprint density at radius 2 is 1.83 bits per heavy atom. The van der Waals surface area contributed by atoms with E-state index in [9.17, 15) is 13.2 Å². The summed E-state index contributed by atoms with van der Waals surface area (Å²) in [4.78, 5) is 11.9. The third-order valence-corrected chi connectivity index (χ3v) is 6.40. The number of carbonyl (C=O) groups excluding carboxylic acids is 1. The maximum atomic E-state index is 12.8. The minimum Gasteiger partial charge on any atom is -0.496 e. The molecule has 0 aliphatic carbocycles. The first kappa shape index (κ1) is 19.0. The summed E-state index contributed by atoms with van der Waals surface area (Å²) in [7, 11) is -0.959. The highest BCUT2D eigenvalue weighted by atomic mass is 35.5. The van der Waals surface area contributed by atoms with Crippen LogP contribution in [0.25, 0.3) is 0 Å². The van der Waals surface area contributed by atoms with E-state index in [0.29, 0.717) is 30.7 Å². The Morgan fingerprint density at radius 3 is 2.38 bits per heavy atom. The second-order valence-electron chi connectivity index (χ2n) is 5.85. The fourth-order valence-corrected chi connectivity index (χ4v) is 4.86. The van der Waals surface area contributed by atoms with E-state index < -0.39 is 16.0 Å². The van der Waals surface area contributed by atoms with Crippen molar-refractivity contribution in [2.45, 2.75) is 4.90 Å². The van der Waals surface area contributed by atoms with Crippen molar-refractivity contribution in [3.63, 3.8) is 0 Å². The summed E-state index contributed by atoms with van der Waals surface area (Å²) >= 11 is 0. The lowest BCUT2D eigenvalue weighted by Gasteiger charge is -2.18. The molecule has 2 saturated heterocycles. The zero-order valence-electron chi connectivity index (χ0n) is 13.5. The molecule has 0 aromatic heterocycles. The first-order valence-corrected chi connectivity index (χ1v) is 8.88. The lowest BCUT2D eigenvalue weighted by Crippen LogP contribution is -2.32. The Bertz CT molecular complexity index is 713. The maximum absolute atomic E-state index is 12.8. The van der Waals surface area contributed by atoms with E-state index in [1.165, 1.54) is 36.7 Å². The zero-order chi connectivity index (χ0) is 16.6. The number of esters is 1. The van der Waals surface area contributed by atoms with Gasteiger partial charge in [0.05, 0.1) is 19.1 Å². The third kappa shape index (κ3) is 3.23. The summed E-state index contributed by atoms with van der Waals surface area (Å²) in [5, 5.41) is 3.28. The first-order valence-electron chi connectivity index (χ1n) is 7.44. The molecule has 0 bridgehead atoms. The SMILES string of the molecule is COC(=O)c1cc(S(=O)(=O)N2C[C@H]3CNC[C@H]3C2)ccc1OC.Cl. The fraction of sp³-hybridized carbons (Fsp3) is 0.533. The predicted molar refractivity (Wildman–Crippen MR) is 90.2 cm³/mol. The van der Waals surface area contributed by atoms with Crippen LogP contribution in [-0.2, 0) is 14.8 Å². The van der Waals surface area contributed by atoms with Crippen molar-refractivity contribution in [1.29, 1.82) is 0 Å². The molecular formula is C15H21ClN2O5S. The second kappa shape index (κ2) is 7.26. The van der Waals surface area contributed by atoms with Gasteiger partial charge >= 0.3 is 5.97 Å². The highest BCUT2D eigenvalue weighted by Gasteiger charge is 2.41. The molecule has 2 aliphatic rings. The van der Waals surface area contributed by atoms with Gasteiger partial charge in [0.25, 0.3) is 0 Å². The number of ether oxygens (including phenoxy) is 2. The van der Waals surface area contributed by atoms with Gasteiger partial charge in [-0.05, 0) is 43.1 Å². The van der Waals surface area contributed by atoms with Crippen LogP contribution in [-0.4, -0.2) is 59.1 Å². The summed E-state index contributed by atoms with van der Waals surface area (Å²) in [5.74, 6) is 0.394. The number of hydrogen-bond donors (Lipinski definition) is 1. The van der Waals surface area contributed by atoms with E-state index in [1.54, 1.807) is 0 Å². The molecule has 1 N–H and O–H groups in total. The third-order valence-electron chi connectivity index (χ3n) is 4.57. The number of sulfonamides is 1. The Morgan fingerprint density at radius 1 is 1.21 bits per heavy atom. The molecule has 0 saturated carbocycles. The number of rotatable bonds is 4. The van der Waals surface area contributed by atoms with Crippen molar-refractivity contribution in [2.75, 3.05) is 40.4 Å². The van der Waals surface area contributed by atoms with Gasteiger partial charge in [-0.2, -0.15) is 4.31 Å². The van der Waals surface area contributed by atoms with Crippen LogP contribution in [0.4, 0.5) is 0 Å². The lowest BCUT2D eigenvalue weighted by atomic mass is 10.0. The van der Waals surface area contributed by atoms with Crippen LogP contribution in [0.5, 0.6) is 5.75 Å². The smallest absolute Gasteiger partial charge is 0.341 e. The van der Waals surface area contributed by atoms with Gasteiger partial charge in [0.2, 0.25) is 10.0 Å². The van der Waals surface area contributed by atoms with E-state index in [0.717, 1.165) is 13.1 Å². The molecule has 9 heteroatoms. The highest BCUT2D eigenvalue weighted by Crippen LogP contribution is 2.32. The Labute approximate surface area is 147 Å². The van der Waals surface area contributed by atoms with E-state index in [1.807, 2.05) is 0 Å². The van der Waals surface area contributed by atoms with Crippen LogP contribution in [0, 0.1) is 11.8 Å². The number of methoxy groups -OCH3 is 2. The molecule has 24 heavy (non-hydrogen) atoms. The quantitative estimate of drug-likeness (QED) is 0.780. The number of nitrogens with zero attached hydrogens (tertiary/aromatic N) is 1.